The zero-order valence-corrected chi connectivity index (χ0v) is 18.9. The van der Waals surface area contributed by atoms with Gasteiger partial charge in [0.1, 0.15) is 11.6 Å². The highest BCUT2D eigenvalue weighted by atomic mass is 28.4. The molecule has 0 aliphatic carbocycles. The van der Waals surface area contributed by atoms with E-state index in [4.69, 9.17) is 13.3 Å². The largest absolute Gasteiger partial charge is 0.424 e. The molecule has 0 rings (SSSR count). The van der Waals surface area contributed by atoms with Gasteiger partial charge in [0.25, 0.3) is 0 Å². The Hall–Kier alpha value is -0.129. The molecule has 0 atom stereocenters. The Bertz CT molecular complexity index is 304. The summed E-state index contributed by atoms with van der Waals surface area (Å²) in [5.74, 6) is 0.103. The van der Waals surface area contributed by atoms with Crippen LogP contribution in [0, 0.1) is 0 Å². The lowest BCUT2D eigenvalue weighted by Crippen LogP contribution is -2.45. The summed E-state index contributed by atoms with van der Waals surface area (Å²) in [4.78, 5) is 24.8. The number of hydrogen-bond acceptors (Lipinski definition) is 5. The van der Waals surface area contributed by atoms with E-state index in [1.54, 1.807) is 0 Å². The summed E-state index contributed by atoms with van der Waals surface area (Å²) in [6.07, 6.45) is 2.37. The van der Waals surface area contributed by atoms with Crippen LogP contribution in [0.1, 0.15) is 53.4 Å². The molecular weight excluding hydrogens is 332 g/mol. The molecule has 0 aromatic heterocycles. The second-order valence-electron chi connectivity index (χ2n) is 5.43. The third-order valence-corrected chi connectivity index (χ3v) is 11.9. The Morgan fingerprint density at radius 3 is 1.68 bits per heavy atom. The third-order valence-electron chi connectivity index (χ3n) is 3.51. The lowest BCUT2D eigenvalue weighted by molar-refractivity contribution is -0.127. The number of carbonyl (C=O) groups excluding carboxylic acids is 2. The highest BCUT2D eigenvalue weighted by Gasteiger charge is 2.41. The molecule has 0 aliphatic rings. The molecule has 0 heterocycles. The summed E-state index contributed by atoms with van der Waals surface area (Å²) in [5, 5.41) is 0. The fourth-order valence-electron chi connectivity index (χ4n) is 2.09. The lowest BCUT2D eigenvalue weighted by Gasteiger charge is -2.29. The van der Waals surface area contributed by atoms with E-state index in [0.29, 0.717) is 26.2 Å². The average molecular weight is 365 g/mol. The Kier molecular flexibility index (Phi) is 13.2. The van der Waals surface area contributed by atoms with Crippen molar-refractivity contribution in [3.8, 4) is 0 Å². The molecule has 0 spiro atoms. The molecule has 0 fully saturated rings. The fraction of sp³-hybridized carbons (Fsp3) is 0.857. The number of rotatable bonds is 15. The van der Waals surface area contributed by atoms with Gasteiger partial charge >= 0.3 is 0 Å². The predicted octanol–water partition coefficient (Wildman–Crippen LogP) is 0.139. The van der Waals surface area contributed by atoms with Gasteiger partial charge in [0, 0.05) is 26.2 Å². The smallest absolute Gasteiger partial charge is 0.173 e. The average Bonchev–Trinajstić information content (AvgIpc) is 2.52. The normalized spacial score (nSPS) is 15.5. The first-order chi connectivity index (χ1) is 10.6. The standard InChI is InChI=1S/C14H32O5Si3/c1-5-9-10-12(15)11-13(16)14(20-17-6-2,21-18-7-3)22-19-8-4/h5-11,20-22H2,1-4H3. The van der Waals surface area contributed by atoms with Crippen LogP contribution in [-0.2, 0) is 22.9 Å². The number of hydrogen-bond donors (Lipinski definition) is 0. The fourth-order valence-corrected chi connectivity index (χ4v) is 8.33. The third kappa shape index (κ3) is 8.49. The van der Waals surface area contributed by atoms with Crippen molar-refractivity contribution in [3.63, 3.8) is 0 Å². The van der Waals surface area contributed by atoms with Gasteiger partial charge in [-0.15, -0.1) is 0 Å². The highest BCUT2D eigenvalue weighted by molar-refractivity contribution is 6.82. The van der Waals surface area contributed by atoms with Crippen LogP contribution in [0.15, 0.2) is 0 Å². The van der Waals surface area contributed by atoms with Gasteiger partial charge in [-0.1, -0.05) is 13.3 Å². The van der Waals surface area contributed by atoms with E-state index >= 15 is 0 Å². The number of carbonyl (C=O) groups is 2. The summed E-state index contributed by atoms with van der Waals surface area (Å²) < 4.78 is 16.6. The van der Waals surface area contributed by atoms with Gasteiger partial charge in [0.2, 0.25) is 0 Å². The van der Waals surface area contributed by atoms with Crippen molar-refractivity contribution in [2.24, 2.45) is 0 Å². The van der Waals surface area contributed by atoms with Gasteiger partial charge in [-0.3, -0.25) is 9.59 Å². The van der Waals surface area contributed by atoms with E-state index in [0.717, 1.165) is 12.8 Å². The van der Waals surface area contributed by atoms with Crippen molar-refractivity contribution in [1.82, 2.24) is 0 Å². The van der Waals surface area contributed by atoms with Crippen LogP contribution in [0.2, 0.25) is 4.28 Å². The molecule has 22 heavy (non-hydrogen) atoms. The van der Waals surface area contributed by atoms with Crippen molar-refractivity contribution in [1.29, 1.82) is 0 Å². The first-order valence-electron chi connectivity index (χ1n) is 8.34. The van der Waals surface area contributed by atoms with Crippen molar-refractivity contribution in [2.45, 2.75) is 57.7 Å². The molecule has 0 bridgehead atoms. The monoisotopic (exact) mass is 364 g/mol. The molecule has 0 aliphatic heterocycles. The molecule has 130 valence electrons. The Morgan fingerprint density at radius 2 is 1.32 bits per heavy atom. The summed E-state index contributed by atoms with van der Waals surface area (Å²) in [5.41, 5.74) is 0. The van der Waals surface area contributed by atoms with E-state index in [1.807, 2.05) is 27.7 Å². The van der Waals surface area contributed by atoms with E-state index in [-0.39, 0.29) is 18.0 Å². The summed E-state index contributed by atoms with van der Waals surface area (Å²) >= 11 is 0. The summed E-state index contributed by atoms with van der Waals surface area (Å²) in [7, 11) is -3.18. The summed E-state index contributed by atoms with van der Waals surface area (Å²) in [6.45, 7) is 9.73. The molecule has 8 heteroatoms. The SMILES string of the molecule is CCCCC(=O)CC(=O)C([SiH2]OCC)([SiH2]OCC)[SiH2]OCC. The zero-order valence-electron chi connectivity index (χ0n) is 14.6. The second-order valence-corrected chi connectivity index (χ2v) is 14.6. The minimum Gasteiger partial charge on any atom is -0.424 e. The van der Waals surface area contributed by atoms with E-state index in [9.17, 15) is 9.59 Å². The highest BCUT2D eigenvalue weighted by Crippen LogP contribution is 2.26. The van der Waals surface area contributed by atoms with Crippen molar-refractivity contribution in [3.05, 3.63) is 0 Å². The molecule has 5 nitrogen and oxygen atoms in total. The van der Waals surface area contributed by atoms with E-state index in [2.05, 4.69) is 0 Å². The number of ketones is 2. The molecule has 0 radical (unpaired) electrons. The topological polar surface area (TPSA) is 61.8 Å². The maximum atomic E-state index is 12.8. The van der Waals surface area contributed by atoms with Crippen LogP contribution in [-0.4, -0.2) is 60.7 Å². The Morgan fingerprint density at radius 1 is 0.864 bits per heavy atom. The van der Waals surface area contributed by atoms with E-state index < -0.39 is 33.6 Å². The van der Waals surface area contributed by atoms with Gasteiger partial charge in [-0.05, 0) is 27.2 Å². The van der Waals surface area contributed by atoms with Crippen LogP contribution in [0.5, 0.6) is 0 Å². The summed E-state index contributed by atoms with van der Waals surface area (Å²) in [6, 6.07) is 0. The second kappa shape index (κ2) is 13.3. The molecule has 0 aromatic rings. The first kappa shape index (κ1) is 21.9. The molecule has 0 saturated carbocycles. The minimum absolute atomic E-state index is 0.0419. The van der Waals surface area contributed by atoms with Crippen molar-refractivity contribution in [2.75, 3.05) is 19.8 Å². The number of unbranched alkanes of at least 4 members (excludes halogenated alkanes) is 1. The molecular formula is C14H32O5Si3. The van der Waals surface area contributed by atoms with Gasteiger partial charge in [0.05, 0.1) is 10.7 Å². The predicted molar refractivity (Wildman–Crippen MR) is 97.4 cm³/mol. The molecule has 0 N–H and O–H groups in total. The molecule has 0 amide bonds. The van der Waals surface area contributed by atoms with Gasteiger partial charge in [-0.25, -0.2) is 0 Å². The lowest BCUT2D eigenvalue weighted by atomic mass is 10.1. The van der Waals surface area contributed by atoms with Crippen molar-refractivity contribution < 1.29 is 22.9 Å². The molecule has 0 unspecified atom stereocenters. The Balaban J connectivity index is 4.94. The zero-order chi connectivity index (χ0) is 16.8. The maximum absolute atomic E-state index is 12.8. The first-order valence-corrected chi connectivity index (χ1v) is 12.2. The van der Waals surface area contributed by atoms with Crippen LogP contribution >= 0.6 is 0 Å². The van der Waals surface area contributed by atoms with Crippen LogP contribution in [0.3, 0.4) is 0 Å². The Labute approximate surface area is 141 Å². The van der Waals surface area contributed by atoms with Crippen molar-refractivity contribution >= 4 is 40.9 Å². The van der Waals surface area contributed by atoms with Gasteiger partial charge in [0.15, 0.2) is 29.3 Å². The van der Waals surface area contributed by atoms with E-state index in [1.165, 1.54) is 0 Å². The minimum atomic E-state index is -1.06. The van der Waals surface area contributed by atoms with Crippen LogP contribution < -0.4 is 0 Å². The molecule has 0 aromatic carbocycles. The number of Topliss-reactive ketones (excluding diaryl/α,β-unsaturated/α-hetero) is 2. The maximum Gasteiger partial charge on any atom is 0.173 e. The van der Waals surface area contributed by atoms with Gasteiger partial charge < -0.3 is 13.3 Å². The molecule has 0 saturated heterocycles. The van der Waals surface area contributed by atoms with Gasteiger partial charge in [-0.2, -0.15) is 0 Å². The van der Waals surface area contributed by atoms with Crippen LogP contribution in [0.25, 0.3) is 0 Å². The van der Waals surface area contributed by atoms with Crippen LogP contribution in [0.4, 0.5) is 0 Å². The quantitative estimate of drug-likeness (QED) is 0.305.